The third-order valence-electron chi connectivity index (χ3n) is 4.30. The van der Waals surface area contributed by atoms with Crippen molar-refractivity contribution in [3.05, 3.63) is 42.2 Å². The standard InChI is InChI=1S/C20H28N4O.HI/c1-2-21-20(23-11-5-13-25-15-16-8-9-16)24-14-19-18-7-4-3-6-17(18)10-12-22-19;/h3-4,6-7,10,12,16H,2,5,8-9,11,13-15H2,1H3,(H2,21,23,24);1H. The zero-order valence-electron chi connectivity index (χ0n) is 15.4. The summed E-state index contributed by atoms with van der Waals surface area (Å²) >= 11 is 0. The Kier molecular flexibility index (Phi) is 9.11. The molecule has 142 valence electrons. The van der Waals surface area contributed by atoms with Gasteiger partial charge in [0.05, 0.1) is 12.2 Å². The summed E-state index contributed by atoms with van der Waals surface area (Å²) in [5.74, 6) is 1.67. The van der Waals surface area contributed by atoms with Gasteiger partial charge in [0.2, 0.25) is 0 Å². The summed E-state index contributed by atoms with van der Waals surface area (Å²) in [5, 5.41) is 9.03. The minimum absolute atomic E-state index is 0. The lowest BCUT2D eigenvalue weighted by Gasteiger charge is -2.11. The number of ether oxygens (including phenoxy) is 1. The highest BCUT2D eigenvalue weighted by atomic mass is 127. The van der Waals surface area contributed by atoms with Crippen molar-refractivity contribution in [1.82, 2.24) is 15.6 Å². The van der Waals surface area contributed by atoms with Crippen LogP contribution < -0.4 is 10.6 Å². The molecule has 0 radical (unpaired) electrons. The molecule has 0 atom stereocenters. The third kappa shape index (κ3) is 6.72. The Labute approximate surface area is 173 Å². The first-order valence-corrected chi connectivity index (χ1v) is 9.29. The minimum atomic E-state index is 0. The Bertz CT molecular complexity index is 698. The fourth-order valence-electron chi connectivity index (χ4n) is 2.72. The SMILES string of the molecule is CCNC(=NCc1nccc2ccccc12)NCCCOCC1CC1.I. The van der Waals surface area contributed by atoms with E-state index in [0.717, 1.165) is 55.7 Å². The monoisotopic (exact) mass is 468 g/mol. The number of fused-ring (bicyclic) bond motifs is 1. The summed E-state index contributed by atoms with van der Waals surface area (Å²) in [6.07, 6.45) is 5.53. The number of rotatable bonds is 9. The smallest absolute Gasteiger partial charge is 0.191 e. The first kappa shape index (κ1) is 20.9. The Balaban J connectivity index is 0.00000243. The predicted octanol–water partition coefficient (Wildman–Crippen LogP) is 3.72. The van der Waals surface area contributed by atoms with E-state index in [1.54, 1.807) is 0 Å². The number of pyridine rings is 1. The second-order valence-electron chi connectivity index (χ2n) is 6.47. The van der Waals surface area contributed by atoms with E-state index in [1.165, 1.54) is 18.2 Å². The molecule has 3 rings (SSSR count). The summed E-state index contributed by atoms with van der Waals surface area (Å²) in [5.41, 5.74) is 1.00. The molecule has 0 spiro atoms. The molecule has 0 bridgehead atoms. The summed E-state index contributed by atoms with van der Waals surface area (Å²) in [7, 11) is 0. The van der Waals surface area contributed by atoms with Crippen LogP contribution in [-0.4, -0.2) is 37.2 Å². The zero-order valence-corrected chi connectivity index (χ0v) is 17.7. The second-order valence-corrected chi connectivity index (χ2v) is 6.47. The van der Waals surface area contributed by atoms with Gasteiger partial charge in [-0.25, -0.2) is 4.99 Å². The summed E-state index contributed by atoms with van der Waals surface area (Å²) in [6.45, 7) is 6.09. The molecule has 1 aromatic carbocycles. The van der Waals surface area contributed by atoms with Crippen molar-refractivity contribution in [3.63, 3.8) is 0 Å². The van der Waals surface area contributed by atoms with Gasteiger partial charge in [-0.15, -0.1) is 24.0 Å². The average molecular weight is 468 g/mol. The van der Waals surface area contributed by atoms with E-state index in [0.29, 0.717) is 6.54 Å². The minimum Gasteiger partial charge on any atom is -0.381 e. The maximum Gasteiger partial charge on any atom is 0.191 e. The molecule has 1 aromatic heterocycles. The molecule has 26 heavy (non-hydrogen) atoms. The van der Waals surface area contributed by atoms with Crippen LogP contribution in [0.5, 0.6) is 0 Å². The quantitative estimate of drug-likeness (QED) is 0.255. The highest BCUT2D eigenvalue weighted by Gasteiger charge is 2.20. The van der Waals surface area contributed by atoms with Crippen LogP contribution in [0.2, 0.25) is 0 Å². The molecule has 1 aliphatic carbocycles. The largest absolute Gasteiger partial charge is 0.381 e. The molecule has 1 fully saturated rings. The van der Waals surface area contributed by atoms with Gasteiger partial charge in [0.15, 0.2) is 5.96 Å². The molecule has 0 aliphatic heterocycles. The van der Waals surface area contributed by atoms with Gasteiger partial charge in [-0.05, 0) is 43.6 Å². The van der Waals surface area contributed by atoms with Crippen molar-refractivity contribution in [1.29, 1.82) is 0 Å². The van der Waals surface area contributed by atoms with Gasteiger partial charge in [-0.3, -0.25) is 4.98 Å². The topological polar surface area (TPSA) is 58.5 Å². The molecule has 5 nitrogen and oxygen atoms in total. The van der Waals surface area contributed by atoms with E-state index in [2.05, 4.69) is 39.7 Å². The highest BCUT2D eigenvalue weighted by Crippen LogP contribution is 2.28. The summed E-state index contributed by atoms with van der Waals surface area (Å²) in [4.78, 5) is 9.18. The van der Waals surface area contributed by atoms with Gasteiger partial charge in [-0.1, -0.05) is 24.3 Å². The number of halogens is 1. The van der Waals surface area contributed by atoms with Crippen LogP contribution in [-0.2, 0) is 11.3 Å². The molecule has 1 aliphatic rings. The number of aliphatic imine (C=N–C) groups is 1. The van der Waals surface area contributed by atoms with E-state index in [1.807, 2.05) is 24.4 Å². The summed E-state index contributed by atoms with van der Waals surface area (Å²) < 4.78 is 5.67. The lowest BCUT2D eigenvalue weighted by molar-refractivity contribution is 0.123. The van der Waals surface area contributed by atoms with Gasteiger partial charge in [0.1, 0.15) is 0 Å². The van der Waals surface area contributed by atoms with Crippen LogP contribution >= 0.6 is 24.0 Å². The van der Waals surface area contributed by atoms with Gasteiger partial charge in [-0.2, -0.15) is 0 Å². The number of hydrogen-bond acceptors (Lipinski definition) is 3. The number of nitrogens with zero attached hydrogens (tertiary/aromatic N) is 2. The van der Waals surface area contributed by atoms with Gasteiger partial charge in [0.25, 0.3) is 0 Å². The maximum atomic E-state index is 5.67. The van der Waals surface area contributed by atoms with Crippen molar-refractivity contribution in [2.45, 2.75) is 32.7 Å². The predicted molar refractivity (Wildman–Crippen MR) is 118 cm³/mol. The molecular formula is C20H29IN4O. The van der Waals surface area contributed by atoms with Crippen molar-refractivity contribution in [3.8, 4) is 0 Å². The van der Waals surface area contributed by atoms with Crippen LogP contribution in [0.25, 0.3) is 10.8 Å². The summed E-state index contributed by atoms with van der Waals surface area (Å²) in [6, 6.07) is 10.3. The maximum absolute atomic E-state index is 5.67. The second kappa shape index (κ2) is 11.3. The first-order valence-electron chi connectivity index (χ1n) is 9.29. The van der Waals surface area contributed by atoms with Crippen molar-refractivity contribution in [2.24, 2.45) is 10.9 Å². The fraction of sp³-hybridized carbons (Fsp3) is 0.500. The number of nitrogens with one attached hydrogen (secondary N) is 2. The van der Waals surface area contributed by atoms with Crippen LogP contribution in [0.4, 0.5) is 0 Å². The Morgan fingerprint density at radius 3 is 2.88 bits per heavy atom. The molecule has 2 aromatic rings. The molecule has 0 saturated heterocycles. The van der Waals surface area contributed by atoms with Crippen LogP contribution in [0, 0.1) is 5.92 Å². The number of hydrogen-bond donors (Lipinski definition) is 2. The number of aromatic nitrogens is 1. The Hall–Kier alpha value is -1.41. The molecule has 2 N–H and O–H groups in total. The van der Waals surface area contributed by atoms with E-state index in [4.69, 9.17) is 4.74 Å². The van der Waals surface area contributed by atoms with Crippen LogP contribution in [0.15, 0.2) is 41.5 Å². The number of benzene rings is 1. The van der Waals surface area contributed by atoms with Crippen molar-refractivity contribution < 1.29 is 4.74 Å². The molecule has 1 saturated carbocycles. The van der Waals surface area contributed by atoms with E-state index >= 15 is 0 Å². The first-order chi connectivity index (χ1) is 12.4. The van der Waals surface area contributed by atoms with E-state index in [9.17, 15) is 0 Å². The van der Waals surface area contributed by atoms with Crippen LogP contribution in [0.1, 0.15) is 31.9 Å². The van der Waals surface area contributed by atoms with Crippen molar-refractivity contribution >= 4 is 40.7 Å². The Morgan fingerprint density at radius 2 is 2.08 bits per heavy atom. The normalized spacial score (nSPS) is 14.1. The molecular weight excluding hydrogens is 439 g/mol. The van der Waals surface area contributed by atoms with Crippen molar-refractivity contribution in [2.75, 3.05) is 26.3 Å². The van der Waals surface area contributed by atoms with Crippen LogP contribution in [0.3, 0.4) is 0 Å². The molecule has 6 heteroatoms. The van der Waals surface area contributed by atoms with Gasteiger partial charge in [0, 0.05) is 37.9 Å². The molecule has 0 unspecified atom stereocenters. The highest BCUT2D eigenvalue weighted by molar-refractivity contribution is 14.0. The fourth-order valence-corrected chi connectivity index (χ4v) is 2.72. The number of guanidine groups is 1. The molecule has 0 amide bonds. The van der Waals surface area contributed by atoms with E-state index < -0.39 is 0 Å². The third-order valence-corrected chi connectivity index (χ3v) is 4.30. The van der Waals surface area contributed by atoms with E-state index in [-0.39, 0.29) is 24.0 Å². The zero-order chi connectivity index (χ0) is 17.3. The lowest BCUT2D eigenvalue weighted by atomic mass is 10.1. The Morgan fingerprint density at radius 1 is 1.23 bits per heavy atom. The average Bonchev–Trinajstić information content (AvgIpc) is 3.46. The van der Waals surface area contributed by atoms with Gasteiger partial charge < -0.3 is 15.4 Å². The lowest BCUT2D eigenvalue weighted by Crippen LogP contribution is -2.38. The van der Waals surface area contributed by atoms with Gasteiger partial charge >= 0.3 is 0 Å². The molecule has 1 heterocycles.